The first-order valence-electron chi connectivity index (χ1n) is 6.33. The Morgan fingerprint density at radius 2 is 1.78 bits per heavy atom. The monoisotopic (exact) mass is 258 g/mol. The molecule has 18 heavy (non-hydrogen) atoms. The molecule has 3 heteroatoms. The standard InChI is InChI=1S/C15H22O2.Na.H/c1-5-6-7-8-15(16)17-14-10-9-11(2)12(3)13(14)4;;/h9-10H,5-8H2,1-4H3;;. The van der Waals surface area contributed by atoms with Gasteiger partial charge in [0.2, 0.25) is 0 Å². The van der Waals surface area contributed by atoms with Crippen LogP contribution in [-0.4, -0.2) is 35.5 Å². The summed E-state index contributed by atoms with van der Waals surface area (Å²) < 4.78 is 5.39. The van der Waals surface area contributed by atoms with E-state index in [0.717, 1.165) is 24.8 Å². The molecule has 1 aromatic rings. The zero-order valence-corrected chi connectivity index (χ0v) is 11.3. The fourth-order valence-corrected chi connectivity index (χ4v) is 1.73. The van der Waals surface area contributed by atoms with E-state index in [9.17, 15) is 4.79 Å². The van der Waals surface area contributed by atoms with Crippen molar-refractivity contribution in [3.05, 3.63) is 28.8 Å². The molecular weight excluding hydrogens is 235 g/mol. The molecule has 1 rings (SSSR count). The summed E-state index contributed by atoms with van der Waals surface area (Å²) in [5, 5.41) is 0. The molecule has 0 bridgehead atoms. The van der Waals surface area contributed by atoms with Crippen molar-refractivity contribution >= 4 is 35.5 Å². The van der Waals surface area contributed by atoms with Crippen LogP contribution in [0.2, 0.25) is 0 Å². The summed E-state index contributed by atoms with van der Waals surface area (Å²) in [6.45, 7) is 8.24. The number of carbonyl (C=O) groups is 1. The predicted molar refractivity (Wildman–Crippen MR) is 77.6 cm³/mol. The molecule has 0 aliphatic heterocycles. The number of aryl methyl sites for hydroxylation is 1. The van der Waals surface area contributed by atoms with Gasteiger partial charge in [0.1, 0.15) is 5.75 Å². The Kier molecular flexibility index (Phi) is 8.58. The number of unbranched alkanes of at least 4 members (excludes halogenated alkanes) is 2. The van der Waals surface area contributed by atoms with Gasteiger partial charge in [-0.15, -0.1) is 0 Å². The first-order chi connectivity index (χ1) is 8.06. The number of hydrogen-bond donors (Lipinski definition) is 0. The van der Waals surface area contributed by atoms with E-state index in [-0.39, 0.29) is 35.5 Å². The fraction of sp³-hybridized carbons (Fsp3) is 0.533. The molecule has 0 spiro atoms. The van der Waals surface area contributed by atoms with E-state index in [2.05, 4.69) is 20.8 Å². The van der Waals surface area contributed by atoms with Crippen LogP contribution in [-0.2, 0) is 4.79 Å². The van der Waals surface area contributed by atoms with E-state index >= 15 is 0 Å². The molecule has 0 aliphatic carbocycles. The van der Waals surface area contributed by atoms with Gasteiger partial charge in [0.05, 0.1) is 0 Å². The van der Waals surface area contributed by atoms with Crippen molar-refractivity contribution in [2.24, 2.45) is 0 Å². The summed E-state index contributed by atoms with van der Waals surface area (Å²) in [7, 11) is 0. The van der Waals surface area contributed by atoms with Crippen LogP contribution in [0.1, 0.15) is 49.3 Å². The van der Waals surface area contributed by atoms with Gasteiger partial charge in [0, 0.05) is 6.42 Å². The molecule has 0 aromatic heterocycles. The maximum absolute atomic E-state index is 11.6. The second kappa shape index (κ2) is 8.73. The Labute approximate surface area is 132 Å². The van der Waals surface area contributed by atoms with Crippen molar-refractivity contribution in [1.29, 1.82) is 0 Å². The minimum absolute atomic E-state index is 0. The third kappa shape index (κ3) is 5.13. The molecule has 0 fully saturated rings. The zero-order valence-electron chi connectivity index (χ0n) is 11.3. The van der Waals surface area contributed by atoms with Crippen molar-refractivity contribution < 1.29 is 9.53 Å². The van der Waals surface area contributed by atoms with Gasteiger partial charge in [-0.05, 0) is 49.9 Å². The van der Waals surface area contributed by atoms with Crippen LogP contribution in [0.5, 0.6) is 5.75 Å². The molecule has 0 heterocycles. The van der Waals surface area contributed by atoms with E-state index in [4.69, 9.17) is 4.74 Å². The SMILES string of the molecule is CCCCCC(=O)Oc1ccc(C)c(C)c1C.[NaH]. The summed E-state index contributed by atoms with van der Waals surface area (Å²) >= 11 is 0. The predicted octanol–water partition coefficient (Wildman–Crippen LogP) is 3.45. The Balaban J connectivity index is 0.00000289. The van der Waals surface area contributed by atoms with Crippen molar-refractivity contribution in [2.75, 3.05) is 0 Å². The molecule has 0 amide bonds. The van der Waals surface area contributed by atoms with Crippen LogP contribution < -0.4 is 4.74 Å². The van der Waals surface area contributed by atoms with Crippen molar-refractivity contribution in [3.8, 4) is 5.75 Å². The van der Waals surface area contributed by atoms with Gasteiger partial charge in [0.25, 0.3) is 0 Å². The van der Waals surface area contributed by atoms with Crippen molar-refractivity contribution in [2.45, 2.75) is 53.4 Å². The summed E-state index contributed by atoms with van der Waals surface area (Å²) in [6, 6.07) is 3.88. The van der Waals surface area contributed by atoms with E-state index < -0.39 is 0 Å². The van der Waals surface area contributed by atoms with Crippen LogP contribution in [0, 0.1) is 20.8 Å². The van der Waals surface area contributed by atoms with E-state index in [1.54, 1.807) is 0 Å². The summed E-state index contributed by atoms with van der Waals surface area (Å²) in [5.74, 6) is 0.583. The number of hydrogen-bond acceptors (Lipinski definition) is 2. The van der Waals surface area contributed by atoms with Gasteiger partial charge in [-0.3, -0.25) is 4.79 Å². The molecule has 96 valence electrons. The van der Waals surface area contributed by atoms with Gasteiger partial charge in [-0.1, -0.05) is 25.8 Å². The number of ether oxygens (including phenoxy) is 1. The molecule has 0 N–H and O–H groups in total. The topological polar surface area (TPSA) is 26.3 Å². The van der Waals surface area contributed by atoms with Gasteiger partial charge >= 0.3 is 35.5 Å². The summed E-state index contributed by atoms with van der Waals surface area (Å²) in [4.78, 5) is 11.6. The van der Waals surface area contributed by atoms with Crippen molar-refractivity contribution in [1.82, 2.24) is 0 Å². The molecule has 0 atom stereocenters. The zero-order chi connectivity index (χ0) is 12.8. The Morgan fingerprint density at radius 1 is 1.11 bits per heavy atom. The maximum atomic E-state index is 11.6. The number of benzene rings is 1. The van der Waals surface area contributed by atoms with Gasteiger partial charge < -0.3 is 4.74 Å². The third-order valence-electron chi connectivity index (χ3n) is 3.22. The Bertz CT molecular complexity index is 400. The molecule has 0 saturated carbocycles. The third-order valence-corrected chi connectivity index (χ3v) is 3.22. The molecule has 2 nitrogen and oxygen atoms in total. The molecule has 0 radical (unpaired) electrons. The minimum atomic E-state index is -0.121. The summed E-state index contributed by atoms with van der Waals surface area (Å²) in [5.41, 5.74) is 3.49. The summed E-state index contributed by atoms with van der Waals surface area (Å²) in [6.07, 6.45) is 3.64. The quantitative estimate of drug-likeness (QED) is 0.350. The second-order valence-electron chi connectivity index (χ2n) is 4.56. The molecule has 0 saturated heterocycles. The molecule has 1 aromatic carbocycles. The van der Waals surface area contributed by atoms with Crippen LogP contribution in [0.3, 0.4) is 0 Å². The Hall–Kier alpha value is -0.310. The number of rotatable bonds is 5. The number of carbonyl (C=O) groups excluding carboxylic acids is 1. The molecule has 0 unspecified atom stereocenters. The fourth-order valence-electron chi connectivity index (χ4n) is 1.73. The molecule has 0 aliphatic rings. The van der Waals surface area contributed by atoms with Gasteiger partial charge in [-0.2, -0.15) is 0 Å². The average molecular weight is 258 g/mol. The number of esters is 1. The van der Waals surface area contributed by atoms with Gasteiger partial charge in [-0.25, -0.2) is 0 Å². The molecular formula is C15H23NaO2. The van der Waals surface area contributed by atoms with Crippen LogP contribution >= 0.6 is 0 Å². The first-order valence-corrected chi connectivity index (χ1v) is 6.33. The Morgan fingerprint density at radius 3 is 2.39 bits per heavy atom. The second-order valence-corrected chi connectivity index (χ2v) is 4.56. The average Bonchev–Trinajstić information content (AvgIpc) is 2.30. The van der Waals surface area contributed by atoms with E-state index in [0.29, 0.717) is 12.2 Å². The van der Waals surface area contributed by atoms with Crippen LogP contribution in [0.4, 0.5) is 0 Å². The van der Waals surface area contributed by atoms with Crippen LogP contribution in [0.25, 0.3) is 0 Å². The van der Waals surface area contributed by atoms with Crippen molar-refractivity contribution in [3.63, 3.8) is 0 Å². The van der Waals surface area contributed by atoms with E-state index in [1.165, 1.54) is 11.1 Å². The van der Waals surface area contributed by atoms with Crippen LogP contribution in [0.15, 0.2) is 12.1 Å². The first kappa shape index (κ1) is 17.7. The normalized spacial score (nSPS) is 9.78. The van der Waals surface area contributed by atoms with E-state index in [1.807, 2.05) is 19.1 Å². The van der Waals surface area contributed by atoms with Gasteiger partial charge in [0.15, 0.2) is 0 Å².